The van der Waals surface area contributed by atoms with Crippen molar-refractivity contribution < 1.29 is 4.79 Å². The number of carbonyl (C=O) groups excluding carboxylic acids is 1. The maximum absolute atomic E-state index is 12.2. The van der Waals surface area contributed by atoms with Gasteiger partial charge in [0.1, 0.15) is 0 Å². The van der Waals surface area contributed by atoms with E-state index >= 15 is 0 Å². The minimum atomic E-state index is 0.106. The van der Waals surface area contributed by atoms with Crippen molar-refractivity contribution in [2.75, 3.05) is 6.54 Å². The van der Waals surface area contributed by atoms with Crippen molar-refractivity contribution in [3.63, 3.8) is 0 Å². The highest BCUT2D eigenvalue weighted by atomic mass is 32.1. The van der Waals surface area contributed by atoms with Gasteiger partial charge in [0, 0.05) is 17.8 Å². The lowest BCUT2D eigenvalue weighted by Gasteiger charge is -2.04. The van der Waals surface area contributed by atoms with Gasteiger partial charge in [0.2, 0.25) is 5.91 Å². The number of amides is 1. The molecule has 1 aromatic heterocycles. The molecule has 0 bridgehead atoms. The quantitative estimate of drug-likeness (QED) is 0.503. The molecule has 0 aliphatic carbocycles. The van der Waals surface area contributed by atoms with Gasteiger partial charge < -0.3 is 5.32 Å². The van der Waals surface area contributed by atoms with Crippen LogP contribution in [0, 0.1) is 6.92 Å². The van der Waals surface area contributed by atoms with Crippen molar-refractivity contribution in [1.82, 2.24) is 10.3 Å². The molecule has 0 saturated carbocycles. The van der Waals surface area contributed by atoms with Crippen LogP contribution >= 0.6 is 11.3 Å². The lowest BCUT2D eigenvalue weighted by molar-refractivity contribution is -0.120. The van der Waals surface area contributed by atoms with E-state index < -0.39 is 0 Å². The summed E-state index contributed by atoms with van der Waals surface area (Å²) >= 11 is 1.67. The maximum atomic E-state index is 12.2. The number of hydrogen-bond acceptors (Lipinski definition) is 3. The van der Waals surface area contributed by atoms with E-state index in [4.69, 9.17) is 4.98 Å². The molecule has 3 aromatic rings. The second-order valence-corrected chi connectivity index (χ2v) is 8.19. The fourth-order valence-electron chi connectivity index (χ4n) is 3.33. The van der Waals surface area contributed by atoms with Crippen LogP contribution < -0.4 is 5.32 Å². The van der Waals surface area contributed by atoms with E-state index in [1.54, 1.807) is 11.3 Å². The minimum absolute atomic E-state index is 0.106. The molecule has 142 valence electrons. The number of nitrogens with one attached hydrogen (secondary N) is 1. The molecule has 0 saturated heterocycles. The van der Waals surface area contributed by atoms with Gasteiger partial charge in [0.15, 0.2) is 0 Å². The summed E-state index contributed by atoms with van der Waals surface area (Å²) in [6.07, 6.45) is 5.95. The molecular weight excluding hydrogens is 352 g/mol. The van der Waals surface area contributed by atoms with E-state index in [0.717, 1.165) is 35.0 Å². The van der Waals surface area contributed by atoms with Crippen molar-refractivity contribution in [3.8, 4) is 0 Å². The third-order valence-electron chi connectivity index (χ3n) is 4.83. The topological polar surface area (TPSA) is 42.0 Å². The molecule has 0 aliphatic rings. The number of aryl methyl sites for hydroxylation is 1. The molecule has 0 radical (unpaired) electrons. The fourth-order valence-corrected chi connectivity index (χ4v) is 4.42. The molecule has 0 aliphatic heterocycles. The zero-order chi connectivity index (χ0) is 19.1. The molecule has 2 aromatic carbocycles. The molecule has 4 heteroatoms. The van der Waals surface area contributed by atoms with Gasteiger partial charge in [-0.15, -0.1) is 11.3 Å². The van der Waals surface area contributed by atoms with Gasteiger partial charge in [0.25, 0.3) is 0 Å². The number of unbranched alkanes of at least 4 members (excludes halogenated alkanes) is 3. The highest BCUT2D eigenvalue weighted by Crippen LogP contribution is 2.25. The molecule has 0 spiro atoms. The summed E-state index contributed by atoms with van der Waals surface area (Å²) in [6, 6.07) is 14.9. The van der Waals surface area contributed by atoms with Crippen LogP contribution in [0.1, 0.15) is 53.7 Å². The Morgan fingerprint density at radius 2 is 1.89 bits per heavy atom. The molecule has 3 rings (SSSR count). The van der Waals surface area contributed by atoms with Gasteiger partial charge >= 0.3 is 0 Å². The Morgan fingerprint density at radius 3 is 2.74 bits per heavy atom. The van der Waals surface area contributed by atoms with Crippen molar-refractivity contribution in [2.45, 2.75) is 52.4 Å². The molecule has 0 unspecified atom stereocenters. The summed E-state index contributed by atoms with van der Waals surface area (Å²) in [5.41, 5.74) is 2.27. The first kappa shape index (κ1) is 19.6. The smallest absolute Gasteiger partial charge is 0.225 e. The SMILES string of the molecule is CCCCCCNC(=O)Cc1sc(Cc2cccc3ccccc23)nc1C. The summed E-state index contributed by atoms with van der Waals surface area (Å²) in [5.74, 6) is 0.106. The Bertz CT molecular complexity index is 895. The van der Waals surface area contributed by atoms with Crippen molar-refractivity contribution in [3.05, 3.63) is 63.6 Å². The monoisotopic (exact) mass is 380 g/mol. The number of carbonyl (C=O) groups is 1. The Kier molecular flexibility index (Phi) is 6.99. The average Bonchev–Trinajstić information content (AvgIpc) is 3.01. The van der Waals surface area contributed by atoms with Crippen LogP contribution in [0.2, 0.25) is 0 Å². The molecule has 0 fully saturated rings. The number of fused-ring (bicyclic) bond motifs is 1. The predicted molar refractivity (Wildman–Crippen MR) is 114 cm³/mol. The number of thiazole rings is 1. The third-order valence-corrected chi connectivity index (χ3v) is 5.99. The zero-order valence-electron chi connectivity index (χ0n) is 16.3. The Labute approximate surface area is 165 Å². The first-order valence-electron chi connectivity index (χ1n) is 9.86. The Morgan fingerprint density at radius 1 is 1.07 bits per heavy atom. The number of aromatic nitrogens is 1. The van der Waals surface area contributed by atoms with Crippen LogP contribution in [0.5, 0.6) is 0 Å². The van der Waals surface area contributed by atoms with Gasteiger partial charge in [-0.1, -0.05) is 68.7 Å². The zero-order valence-corrected chi connectivity index (χ0v) is 17.1. The van der Waals surface area contributed by atoms with Crippen LogP contribution in [0.15, 0.2) is 42.5 Å². The van der Waals surface area contributed by atoms with Crippen LogP contribution in [-0.4, -0.2) is 17.4 Å². The second-order valence-electron chi connectivity index (χ2n) is 7.02. The summed E-state index contributed by atoms with van der Waals surface area (Å²) in [5, 5.41) is 6.65. The summed E-state index contributed by atoms with van der Waals surface area (Å²) in [7, 11) is 0. The molecular formula is C23H28N2OS. The highest BCUT2D eigenvalue weighted by molar-refractivity contribution is 7.11. The fraction of sp³-hybridized carbons (Fsp3) is 0.391. The molecule has 0 atom stereocenters. The van der Waals surface area contributed by atoms with Crippen molar-refractivity contribution >= 4 is 28.0 Å². The van der Waals surface area contributed by atoms with Gasteiger partial charge in [-0.05, 0) is 29.7 Å². The standard InChI is InChI=1S/C23H28N2OS/c1-3-4-5-8-14-24-22(26)16-21-17(2)25-23(27-21)15-19-12-9-11-18-10-6-7-13-20(18)19/h6-7,9-13H,3-5,8,14-16H2,1-2H3,(H,24,26). The normalized spacial score (nSPS) is 11.0. The highest BCUT2D eigenvalue weighted by Gasteiger charge is 2.13. The van der Waals surface area contributed by atoms with Crippen LogP contribution in [-0.2, 0) is 17.6 Å². The van der Waals surface area contributed by atoms with Crippen LogP contribution in [0.3, 0.4) is 0 Å². The molecule has 27 heavy (non-hydrogen) atoms. The van der Waals surface area contributed by atoms with Gasteiger partial charge in [0.05, 0.1) is 17.1 Å². The van der Waals surface area contributed by atoms with Crippen LogP contribution in [0.4, 0.5) is 0 Å². The predicted octanol–water partition coefficient (Wildman–Crippen LogP) is 5.43. The summed E-state index contributed by atoms with van der Waals surface area (Å²) in [6.45, 7) is 4.98. The average molecular weight is 381 g/mol. The maximum Gasteiger partial charge on any atom is 0.225 e. The van der Waals surface area contributed by atoms with E-state index in [-0.39, 0.29) is 5.91 Å². The van der Waals surface area contributed by atoms with Gasteiger partial charge in [-0.3, -0.25) is 4.79 Å². The van der Waals surface area contributed by atoms with E-state index in [9.17, 15) is 4.79 Å². The summed E-state index contributed by atoms with van der Waals surface area (Å²) < 4.78 is 0. The molecule has 1 N–H and O–H groups in total. The lowest BCUT2D eigenvalue weighted by Crippen LogP contribution is -2.26. The number of benzene rings is 2. The molecule has 1 heterocycles. The second kappa shape index (κ2) is 9.65. The van der Waals surface area contributed by atoms with E-state index in [0.29, 0.717) is 6.42 Å². The number of hydrogen-bond donors (Lipinski definition) is 1. The van der Waals surface area contributed by atoms with E-state index in [1.807, 2.05) is 6.92 Å². The Hall–Kier alpha value is -2.20. The molecule has 3 nitrogen and oxygen atoms in total. The largest absolute Gasteiger partial charge is 0.356 e. The van der Waals surface area contributed by atoms with Crippen molar-refractivity contribution in [1.29, 1.82) is 0 Å². The van der Waals surface area contributed by atoms with Crippen LogP contribution in [0.25, 0.3) is 10.8 Å². The van der Waals surface area contributed by atoms with Gasteiger partial charge in [-0.25, -0.2) is 4.98 Å². The van der Waals surface area contributed by atoms with E-state index in [1.165, 1.54) is 35.6 Å². The first-order chi connectivity index (χ1) is 13.2. The van der Waals surface area contributed by atoms with E-state index in [2.05, 4.69) is 54.7 Å². The summed E-state index contributed by atoms with van der Waals surface area (Å²) in [4.78, 5) is 18.0. The minimum Gasteiger partial charge on any atom is -0.356 e. The Balaban J connectivity index is 1.61. The number of rotatable bonds is 9. The lowest BCUT2D eigenvalue weighted by atomic mass is 10.0. The third kappa shape index (κ3) is 5.39. The van der Waals surface area contributed by atoms with Crippen molar-refractivity contribution in [2.24, 2.45) is 0 Å². The van der Waals surface area contributed by atoms with Gasteiger partial charge in [-0.2, -0.15) is 0 Å². The number of nitrogens with zero attached hydrogens (tertiary/aromatic N) is 1. The molecule has 1 amide bonds. The first-order valence-corrected chi connectivity index (χ1v) is 10.7.